The van der Waals surface area contributed by atoms with E-state index in [2.05, 4.69) is 16.0 Å². The maximum Gasteiger partial charge on any atom is 0.217 e. The summed E-state index contributed by atoms with van der Waals surface area (Å²) in [5.74, 6) is -2.59. The molecule has 0 aliphatic carbocycles. The topological polar surface area (TPSA) is 603 Å². The number of ether oxygens (including phenoxy) is 12. The molecule has 38 heteroatoms. The van der Waals surface area contributed by atoms with E-state index in [0.717, 1.165) is 20.8 Å². The number of rotatable bonds is 25. The first-order valence-corrected chi connectivity index (χ1v) is 27.4. The molecule has 0 aromatic rings. The molecule has 6 saturated heterocycles. The van der Waals surface area contributed by atoms with Gasteiger partial charge >= 0.3 is 0 Å². The predicted molar refractivity (Wildman–Crippen MR) is 267 cm³/mol. The summed E-state index contributed by atoms with van der Waals surface area (Å²) in [6.07, 6.45) is -59.4. The van der Waals surface area contributed by atoms with Crippen molar-refractivity contribution in [2.75, 3.05) is 46.2 Å². The lowest BCUT2D eigenvalue weighted by Gasteiger charge is -2.49. The Balaban J connectivity index is 1.20. The van der Waals surface area contributed by atoms with Crippen molar-refractivity contribution < 1.29 is 173 Å². The Morgan fingerprint density at radius 3 is 1.35 bits per heavy atom. The number of nitrogens with one attached hydrogen (secondary N) is 3. The van der Waals surface area contributed by atoms with Gasteiger partial charge in [-0.05, 0) is 6.92 Å². The lowest BCUT2D eigenvalue weighted by molar-refractivity contribution is -0.383. The van der Waals surface area contributed by atoms with Gasteiger partial charge in [0.1, 0.15) is 159 Å². The molecular weight excluding hydrogens is 1180 g/mol. The molecule has 6 heterocycles. The highest BCUT2D eigenvalue weighted by Gasteiger charge is 2.57. The Morgan fingerprint density at radius 1 is 0.419 bits per heavy atom. The molecule has 86 heavy (non-hydrogen) atoms. The molecule has 0 unspecified atom stereocenters. The zero-order chi connectivity index (χ0) is 63.9. The number of carbonyl (C=O) groups is 3. The molecule has 6 rings (SSSR count). The molecule has 34 atom stereocenters. The van der Waals surface area contributed by atoms with E-state index in [4.69, 9.17) is 56.8 Å². The van der Waals surface area contributed by atoms with E-state index in [9.17, 15) is 117 Å². The third-order valence-corrected chi connectivity index (χ3v) is 15.3. The lowest BCUT2D eigenvalue weighted by atomic mass is 9.94. The van der Waals surface area contributed by atoms with Crippen molar-refractivity contribution in [3.05, 3.63) is 0 Å². The van der Waals surface area contributed by atoms with E-state index >= 15 is 0 Å². The van der Waals surface area contributed by atoms with Crippen LogP contribution in [-0.2, 0) is 71.2 Å². The largest absolute Gasteiger partial charge is 0.394 e. The van der Waals surface area contributed by atoms with Gasteiger partial charge in [0.25, 0.3) is 0 Å². The zero-order valence-electron chi connectivity index (χ0n) is 46.6. The summed E-state index contributed by atoms with van der Waals surface area (Å²) >= 11 is 0. The van der Waals surface area contributed by atoms with E-state index in [1.54, 1.807) is 0 Å². The quantitative estimate of drug-likeness (QED) is 0.0404. The summed E-state index contributed by atoms with van der Waals surface area (Å²) < 4.78 is 68.9. The molecule has 6 aliphatic heterocycles. The molecule has 0 saturated carbocycles. The first-order valence-electron chi connectivity index (χ1n) is 27.4. The number of amides is 3. The van der Waals surface area contributed by atoms with E-state index in [1.165, 1.54) is 6.92 Å². The van der Waals surface area contributed by atoms with E-state index < -0.39 is 272 Å². The first-order chi connectivity index (χ1) is 40.6. The number of carbonyl (C=O) groups excluding carboxylic acids is 3. The molecular formula is C48H83N3O35. The molecule has 6 fully saturated rings. The second-order valence-corrected chi connectivity index (χ2v) is 21.6. The van der Waals surface area contributed by atoms with Crippen LogP contribution in [0.3, 0.4) is 0 Å². The molecule has 3 amide bonds. The van der Waals surface area contributed by atoms with Crippen molar-refractivity contribution in [3.8, 4) is 0 Å². The fourth-order valence-corrected chi connectivity index (χ4v) is 10.6. The van der Waals surface area contributed by atoms with Crippen LogP contribution in [0.1, 0.15) is 27.7 Å². The SMILES string of the molecule is CC(=O)N[C@H]1[C@H](O[C@H]2[C@@H](O)[C@@H](CO)O[C@@H](O[C@@H]([C@@H](O)[C@H](O)CO[C@@H]3O[C@H](CO)[C@@H](O[C@@H]4O[C@H](CO)[C@H](O)[C@H](O)[C@H]4O[C@@H]4O[C@@H](C)[C@@H](O)[C@@H](O)[C@@H]4O)[C@H](O)[C@H]3NC(C)=O)[C@H](CO)NC(C)=O)[C@@H]2O)O[C@H](CO)[C@@H](O[C@@H]2O[C@H](CO)[C@H](O)[C@H](O)[C@H]2O)[C@@H]1O. The third kappa shape index (κ3) is 16.4. The van der Waals surface area contributed by atoms with E-state index in [-0.39, 0.29) is 0 Å². The van der Waals surface area contributed by atoms with Gasteiger partial charge in [0.15, 0.2) is 37.7 Å². The van der Waals surface area contributed by atoms with Crippen LogP contribution in [0, 0.1) is 0 Å². The van der Waals surface area contributed by atoms with Crippen LogP contribution in [0.15, 0.2) is 0 Å². The molecule has 38 nitrogen and oxygen atoms in total. The average molecular weight is 1260 g/mol. The normalized spacial score (nSPS) is 45.5. The highest BCUT2D eigenvalue weighted by Crippen LogP contribution is 2.36. The van der Waals surface area contributed by atoms with Crippen LogP contribution >= 0.6 is 0 Å². The Labute approximate surface area is 488 Å². The molecule has 0 bridgehead atoms. The fraction of sp³-hybridized carbons (Fsp3) is 0.938. The maximum absolute atomic E-state index is 12.6. The van der Waals surface area contributed by atoms with Crippen molar-refractivity contribution in [2.24, 2.45) is 0 Å². The Morgan fingerprint density at radius 2 is 0.837 bits per heavy atom. The maximum atomic E-state index is 12.6. The van der Waals surface area contributed by atoms with E-state index in [0.29, 0.717) is 0 Å². The zero-order valence-corrected chi connectivity index (χ0v) is 46.6. The van der Waals surface area contributed by atoms with Gasteiger partial charge in [-0.2, -0.15) is 0 Å². The molecule has 6 aliphatic rings. The first kappa shape index (κ1) is 72.2. The lowest BCUT2D eigenvalue weighted by Crippen LogP contribution is -2.69. The molecule has 0 aromatic carbocycles. The van der Waals surface area contributed by atoms with Gasteiger partial charge in [-0.15, -0.1) is 0 Å². The van der Waals surface area contributed by atoms with Gasteiger partial charge in [0, 0.05) is 20.8 Å². The summed E-state index contributed by atoms with van der Waals surface area (Å²) in [5, 5.41) is 223. The fourth-order valence-electron chi connectivity index (χ4n) is 10.6. The number of aliphatic hydroxyl groups is 20. The van der Waals surface area contributed by atoms with Crippen LogP contribution in [-0.4, -0.2) is 375 Å². The van der Waals surface area contributed by atoms with Gasteiger partial charge in [-0.1, -0.05) is 0 Å². The predicted octanol–water partition coefficient (Wildman–Crippen LogP) is -15.2. The minimum absolute atomic E-state index is 0.857. The Bertz CT molecular complexity index is 2120. The van der Waals surface area contributed by atoms with Crippen LogP contribution in [0.2, 0.25) is 0 Å². The highest BCUT2D eigenvalue weighted by atomic mass is 16.8. The summed E-state index contributed by atoms with van der Waals surface area (Å²) in [4.78, 5) is 37.6. The summed E-state index contributed by atoms with van der Waals surface area (Å²) in [7, 11) is 0. The van der Waals surface area contributed by atoms with Crippen molar-refractivity contribution in [3.63, 3.8) is 0 Å². The average Bonchev–Trinajstić information content (AvgIpc) is 1.28. The standard InChI is InChI=1S/C48H83N3O35/c1-12-25(62)32(69)35(72)45(76-12)86-42-34(71)28(65)19(7-54)79-48(42)84-40-21(9-56)80-43(23(30(40)67)50-14(3)59)75-11-17(61)26(63)38(16(5-52)49-13(2)58)82-47-37(74)41(29(66)20(8-55)78-47)85-44-24(51-15(4)60)31(68)39(22(10-57)81-44)83-46-36(73)33(70)27(64)18(6-53)77-46/h12,16-48,52-57,61-74H,5-11H2,1-4H3,(H,49,58)(H,50,59)(H,51,60)/t12-,16-,17+,18+,19+,20+,21+,22+,23+,24+,25+,26-,27-,28-,29-,30+,31+,32+,33-,34-,35-,36+,37+,38+,39+,40+,41-,42+,43+,44-,45-,46-,47-,48-/m0/s1. The van der Waals surface area contributed by atoms with Crippen LogP contribution in [0.5, 0.6) is 0 Å². The van der Waals surface area contributed by atoms with Crippen molar-refractivity contribution in [1.82, 2.24) is 16.0 Å². The van der Waals surface area contributed by atoms with Gasteiger partial charge < -0.3 is 175 Å². The van der Waals surface area contributed by atoms with Crippen LogP contribution in [0.25, 0.3) is 0 Å². The van der Waals surface area contributed by atoms with Crippen LogP contribution in [0.4, 0.5) is 0 Å². The van der Waals surface area contributed by atoms with Crippen molar-refractivity contribution in [1.29, 1.82) is 0 Å². The summed E-state index contributed by atoms with van der Waals surface area (Å²) in [6, 6.07) is -5.29. The Kier molecular flexibility index (Phi) is 26.8. The summed E-state index contributed by atoms with van der Waals surface area (Å²) in [6.45, 7) is -2.92. The van der Waals surface area contributed by atoms with E-state index in [1.807, 2.05) is 0 Å². The van der Waals surface area contributed by atoms with Gasteiger partial charge in [0.05, 0.1) is 58.4 Å². The van der Waals surface area contributed by atoms with Gasteiger partial charge in [-0.3, -0.25) is 14.4 Å². The van der Waals surface area contributed by atoms with Gasteiger partial charge in [-0.25, -0.2) is 0 Å². The minimum Gasteiger partial charge on any atom is -0.394 e. The van der Waals surface area contributed by atoms with Crippen molar-refractivity contribution in [2.45, 2.75) is 236 Å². The molecule has 0 radical (unpaired) electrons. The second-order valence-electron chi connectivity index (χ2n) is 21.6. The second kappa shape index (κ2) is 31.9. The molecule has 0 aromatic heterocycles. The van der Waals surface area contributed by atoms with Crippen LogP contribution < -0.4 is 16.0 Å². The number of aliphatic hydroxyl groups excluding tert-OH is 20. The minimum atomic E-state index is -2.38. The highest BCUT2D eigenvalue weighted by molar-refractivity contribution is 5.74. The van der Waals surface area contributed by atoms with Crippen molar-refractivity contribution >= 4 is 17.7 Å². The Hall–Kier alpha value is -2.87. The molecule has 23 N–H and O–H groups in total. The number of hydrogen-bond acceptors (Lipinski definition) is 35. The third-order valence-electron chi connectivity index (χ3n) is 15.3. The summed E-state index contributed by atoms with van der Waals surface area (Å²) in [5.41, 5.74) is 0. The smallest absolute Gasteiger partial charge is 0.217 e. The number of hydrogen-bond donors (Lipinski definition) is 23. The monoisotopic (exact) mass is 1260 g/mol. The molecule has 500 valence electrons. The molecule has 0 spiro atoms. The van der Waals surface area contributed by atoms with Gasteiger partial charge in [0.2, 0.25) is 17.7 Å².